The zero-order chi connectivity index (χ0) is 12.3. The maximum atomic E-state index is 5.84. The second kappa shape index (κ2) is 5.58. The fourth-order valence-corrected chi connectivity index (χ4v) is 2.78. The molecule has 2 heterocycles. The van der Waals surface area contributed by atoms with Crippen molar-refractivity contribution in [1.82, 2.24) is 9.97 Å². The van der Waals surface area contributed by atoms with Crippen molar-refractivity contribution in [3.05, 3.63) is 6.07 Å². The highest BCUT2D eigenvalue weighted by molar-refractivity contribution is 7.98. The van der Waals surface area contributed by atoms with E-state index in [4.69, 9.17) is 5.73 Å². The van der Waals surface area contributed by atoms with Gasteiger partial charge in [0.05, 0.1) is 0 Å². The van der Waals surface area contributed by atoms with Crippen LogP contribution in [0, 0.1) is 0 Å². The Balaban J connectivity index is 2.27. The number of nitrogens with zero attached hydrogens (tertiary/aromatic N) is 3. The van der Waals surface area contributed by atoms with Crippen molar-refractivity contribution in [3.63, 3.8) is 0 Å². The van der Waals surface area contributed by atoms with E-state index in [1.807, 2.05) is 12.3 Å². The molecule has 1 unspecified atom stereocenters. The van der Waals surface area contributed by atoms with Crippen LogP contribution < -0.4 is 10.6 Å². The molecular formula is C12H20N4S. The van der Waals surface area contributed by atoms with Gasteiger partial charge in [-0.1, -0.05) is 18.7 Å². The molecule has 1 saturated heterocycles. The second-order valence-corrected chi connectivity index (χ2v) is 5.16. The smallest absolute Gasteiger partial charge is 0.191 e. The third kappa shape index (κ3) is 2.83. The van der Waals surface area contributed by atoms with Crippen LogP contribution in [-0.2, 0) is 0 Å². The molecule has 17 heavy (non-hydrogen) atoms. The van der Waals surface area contributed by atoms with E-state index in [-0.39, 0.29) is 0 Å². The molecule has 1 aromatic rings. The van der Waals surface area contributed by atoms with Gasteiger partial charge >= 0.3 is 0 Å². The Kier molecular flexibility index (Phi) is 4.10. The first kappa shape index (κ1) is 12.5. The maximum Gasteiger partial charge on any atom is 0.191 e. The molecule has 0 bridgehead atoms. The molecule has 4 nitrogen and oxygen atoms in total. The summed E-state index contributed by atoms with van der Waals surface area (Å²) in [5, 5.41) is 0.764. The molecule has 2 rings (SSSR count). The van der Waals surface area contributed by atoms with Gasteiger partial charge in [-0.2, -0.15) is 0 Å². The van der Waals surface area contributed by atoms with Crippen LogP contribution in [0.5, 0.6) is 0 Å². The van der Waals surface area contributed by atoms with E-state index in [0.717, 1.165) is 17.5 Å². The summed E-state index contributed by atoms with van der Waals surface area (Å²) in [5.74, 6) is 1.56. The lowest BCUT2D eigenvalue weighted by Crippen LogP contribution is -2.39. The summed E-state index contributed by atoms with van der Waals surface area (Å²) in [6.07, 6.45) is 6.97. The Morgan fingerprint density at radius 3 is 3.00 bits per heavy atom. The molecule has 94 valence electrons. The van der Waals surface area contributed by atoms with E-state index in [2.05, 4.69) is 21.8 Å². The van der Waals surface area contributed by atoms with E-state index in [1.165, 1.54) is 25.7 Å². The molecule has 0 saturated carbocycles. The van der Waals surface area contributed by atoms with Crippen LogP contribution >= 0.6 is 11.8 Å². The number of aromatic nitrogens is 2. The first-order chi connectivity index (χ1) is 8.24. The highest BCUT2D eigenvalue weighted by Crippen LogP contribution is 2.27. The Hall–Kier alpha value is -0.970. The van der Waals surface area contributed by atoms with Crippen molar-refractivity contribution in [2.75, 3.05) is 23.4 Å². The van der Waals surface area contributed by atoms with Crippen LogP contribution in [0.3, 0.4) is 0 Å². The van der Waals surface area contributed by atoms with Gasteiger partial charge in [-0.3, -0.25) is 0 Å². The normalized spacial score (nSPS) is 20.6. The summed E-state index contributed by atoms with van der Waals surface area (Å²) in [6, 6.07) is 2.50. The Labute approximate surface area is 107 Å². The van der Waals surface area contributed by atoms with Crippen LogP contribution in [0.1, 0.15) is 32.6 Å². The van der Waals surface area contributed by atoms with Crippen molar-refractivity contribution in [3.8, 4) is 0 Å². The number of anilines is 2. The molecule has 1 atom stereocenters. The molecule has 0 aromatic carbocycles. The lowest BCUT2D eigenvalue weighted by Gasteiger charge is -2.36. The molecule has 1 aliphatic heterocycles. The van der Waals surface area contributed by atoms with E-state index in [1.54, 1.807) is 11.8 Å². The summed E-state index contributed by atoms with van der Waals surface area (Å²) in [6.45, 7) is 3.33. The summed E-state index contributed by atoms with van der Waals surface area (Å²) < 4.78 is 0. The molecule has 5 heteroatoms. The topological polar surface area (TPSA) is 55.0 Å². The quantitative estimate of drug-likeness (QED) is 0.662. The van der Waals surface area contributed by atoms with E-state index < -0.39 is 0 Å². The predicted octanol–water partition coefficient (Wildman–Crippen LogP) is 2.55. The van der Waals surface area contributed by atoms with Gasteiger partial charge in [-0.15, -0.1) is 0 Å². The number of rotatable bonds is 3. The molecule has 1 aliphatic rings. The SMILES string of the molecule is CCC1CCCCN1c1cc(N)nc(SC)n1. The van der Waals surface area contributed by atoms with Crippen molar-refractivity contribution < 1.29 is 0 Å². The largest absolute Gasteiger partial charge is 0.383 e. The van der Waals surface area contributed by atoms with Crippen LogP contribution in [0.15, 0.2) is 11.2 Å². The standard InChI is InChI=1S/C12H20N4S/c1-3-9-6-4-5-7-16(9)11-8-10(13)14-12(15-11)17-2/h8-9H,3-7H2,1-2H3,(H2,13,14,15). The van der Waals surface area contributed by atoms with Crippen LogP contribution in [0.25, 0.3) is 0 Å². The van der Waals surface area contributed by atoms with Gasteiger partial charge in [0, 0.05) is 18.7 Å². The summed E-state index contributed by atoms with van der Waals surface area (Å²) in [4.78, 5) is 11.2. The third-order valence-electron chi connectivity index (χ3n) is 3.29. The molecule has 1 fully saturated rings. The highest BCUT2D eigenvalue weighted by Gasteiger charge is 2.22. The van der Waals surface area contributed by atoms with Gasteiger partial charge in [0.15, 0.2) is 5.16 Å². The zero-order valence-corrected chi connectivity index (χ0v) is 11.3. The first-order valence-electron chi connectivity index (χ1n) is 6.19. The summed E-state index contributed by atoms with van der Waals surface area (Å²) in [5.41, 5.74) is 5.84. The number of nitrogens with two attached hydrogens (primary N) is 1. The lowest BCUT2D eigenvalue weighted by molar-refractivity contribution is 0.446. The number of hydrogen-bond donors (Lipinski definition) is 1. The Bertz CT molecular complexity index is 383. The Morgan fingerprint density at radius 1 is 1.47 bits per heavy atom. The average molecular weight is 252 g/mol. The number of piperidine rings is 1. The monoisotopic (exact) mass is 252 g/mol. The van der Waals surface area contributed by atoms with Gasteiger partial charge in [-0.25, -0.2) is 9.97 Å². The lowest BCUT2D eigenvalue weighted by atomic mass is 10.0. The van der Waals surface area contributed by atoms with Gasteiger partial charge in [0.2, 0.25) is 0 Å². The van der Waals surface area contributed by atoms with E-state index in [0.29, 0.717) is 11.9 Å². The van der Waals surface area contributed by atoms with Gasteiger partial charge in [-0.05, 0) is 31.9 Å². The molecular weight excluding hydrogens is 232 g/mol. The minimum Gasteiger partial charge on any atom is -0.383 e. The van der Waals surface area contributed by atoms with Crippen LogP contribution in [0.2, 0.25) is 0 Å². The highest BCUT2D eigenvalue weighted by atomic mass is 32.2. The third-order valence-corrected chi connectivity index (χ3v) is 3.83. The minimum absolute atomic E-state index is 0.569. The van der Waals surface area contributed by atoms with Crippen molar-refractivity contribution in [2.45, 2.75) is 43.8 Å². The van der Waals surface area contributed by atoms with Gasteiger partial charge < -0.3 is 10.6 Å². The van der Waals surface area contributed by atoms with Crippen molar-refractivity contribution >= 4 is 23.4 Å². The zero-order valence-electron chi connectivity index (χ0n) is 10.5. The minimum atomic E-state index is 0.569. The predicted molar refractivity (Wildman–Crippen MR) is 73.5 cm³/mol. The number of nitrogen functional groups attached to an aromatic ring is 1. The molecule has 1 aromatic heterocycles. The average Bonchev–Trinajstić information content (AvgIpc) is 2.37. The summed E-state index contributed by atoms with van der Waals surface area (Å²) in [7, 11) is 0. The van der Waals surface area contributed by atoms with Crippen LogP contribution in [-0.4, -0.2) is 28.8 Å². The van der Waals surface area contributed by atoms with E-state index >= 15 is 0 Å². The molecule has 0 aliphatic carbocycles. The fourth-order valence-electron chi connectivity index (χ4n) is 2.40. The van der Waals surface area contributed by atoms with Crippen LogP contribution in [0.4, 0.5) is 11.6 Å². The molecule has 0 radical (unpaired) electrons. The molecule has 0 spiro atoms. The molecule has 2 N–H and O–H groups in total. The summed E-state index contributed by atoms with van der Waals surface area (Å²) >= 11 is 1.54. The second-order valence-electron chi connectivity index (χ2n) is 4.39. The van der Waals surface area contributed by atoms with Gasteiger partial charge in [0.1, 0.15) is 11.6 Å². The van der Waals surface area contributed by atoms with Gasteiger partial charge in [0.25, 0.3) is 0 Å². The van der Waals surface area contributed by atoms with Crippen molar-refractivity contribution in [2.24, 2.45) is 0 Å². The molecule has 0 amide bonds. The Morgan fingerprint density at radius 2 is 2.29 bits per heavy atom. The van der Waals surface area contributed by atoms with Crippen molar-refractivity contribution in [1.29, 1.82) is 0 Å². The number of hydrogen-bond acceptors (Lipinski definition) is 5. The maximum absolute atomic E-state index is 5.84. The fraction of sp³-hybridized carbons (Fsp3) is 0.667. The van der Waals surface area contributed by atoms with E-state index in [9.17, 15) is 0 Å². The first-order valence-corrected chi connectivity index (χ1v) is 7.42. The number of thioether (sulfide) groups is 1.